The van der Waals surface area contributed by atoms with Gasteiger partial charge in [0.1, 0.15) is 11.6 Å². The smallest absolute Gasteiger partial charge is 0.304 e. The number of carboxylic acid groups (broad SMARTS) is 1. The Bertz CT molecular complexity index is 871. The van der Waals surface area contributed by atoms with Gasteiger partial charge in [-0.3, -0.25) is 9.59 Å². The van der Waals surface area contributed by atoms with Crippen LogP contribution in [0.25, 0.3) is 0 Å². The maximum Gasteiger partial charge on any atom is 0.304 e. The van der Waals surface area contributed by atoms with Crippen molar-refractivity contribution in [3.8, 4) is 5.75 Å². The summed E-state index contributed by atoms with van der Waals surface area (Å²) in [5.74, 6) is -0.485. The maximum absolute atomic E-state index is 12.1. The predicted molar refractivity (Wildman–Crippen MR) is 105 cm³/mol. The Balaban J connectivity index is 1.72. The first-order chi connectivity index (χ1) is 13.4. The van der Waals surface area contributed by atoms with E-state index in [1.807, 2.05) is 25.1 Å². The minimum atomic E-state index is -0.976. The molecule has 1 aliphatic rings. The molecule has 2 aromatic rings. The van der Waals surface area contributed by atoms with Gasteiger partial charge in [-0.25, -0.2) is 4.98 Å². The van der Waals surface area contributed by atoms with Gasteiger partial charge in [-0.1, -0.05) is 13.0 Å². The van der Waals surface area contributed by atoms with Crippen molar-refractivity contribution in [1.82, 2.24) is 10.3 Å². The van der Waals surface area contributed by atoms with Gasteiger partial charge in [0.05, 0.1) is 12.3 Å². The SMILES string of the molecule is CCC(Nc1cc(N)ccn1)Oc1ccc2c(c1)CNC(=O)C(CC(=O)O)C2. The van der Waals surface area contributed by atoms with E-state index in [0.29, 0.717) is 36.6 Å². The molecule has 5 N–H and O–H groups in total. The van der Waals surface area contributed by atoms with Gasteiger partial charge in [0.2, 0.25) is 5.91 Å². The van der Waals surface area contributed by atoms with Crippen molar-refractivity contribution in [2.45, 2.75) is 39.0 Å². The first-order valence-corrected chi connectivity index (χ1v) is 9.20. The highest BCUT2D eigenvalue weighted by molar-refractivity contribution is 5.84. The van der Waals surface area contributed by atoms with Crippen molar-refractivity contribution < 1.29 is 19.4 Å². The first kappa shape index (κ1) is 19.5. The lowest BCUT2D eigenvalue weighted by Crippen LogP contribution is -2.30. The Morgan fingerprint density at radius 2 is 2.21 bits per heavy atom. The molecule has 0 aliphatic carbocycles. The van der Waals surface area contributed by atoms with Crippen molar-refractivity contribution >= 4 is 23.4 Å². The van der Waals surface area contributed by atoms with Crippen LogP contribution in [0.2, 0.25) is 0 Å². The Labute approximate surface area is 163 Å². The number of benzene rings is 1. The van der Waals surface area contributed by atoms with Crippen molar-refractivity contribution in [2.75, 3.05) is 11.1 Å². The van der Waals surface area contributed by atoms with Crippen LogP contribution in [-0.4, -0.2) is 28.2 Å². The van der Waals surface area contributed by atoms with Gasteiger partial charge in [-0.2, -0.15) is 0 Å². The topological polar surface area (TPSA) is 127 Å². The van der Waals surface area contributed by atoms with E-state index in [1.54, 1.807) is 18.3 Å². The Morgan fingerprint density at radius 3 is 2.93 bits per heavy atom. The lowest BCUT2D eigenvalue weighted by Gasteiger charge is -2.20. The summed E-state index contributed by atoms with van der Waals surface area (Å²) in [6.07, 6.45) is 2.25. The monoisotopic (exact) mass is 384 g/mol. The van der Waals surface area contributed by atoms with Crippen LogP contribution in [0.5, 0.6) is 5.75 Å². The van der Waals surface area contributed by atoms with E-state index in [0.717, 1.165) is 11.1 Å². The number of carbonyl (C=O) groups is 2. The predicted octanol–water partition coefficient (Wildman–Crippen LogP) is 2.15. The lowest BCUT2D eigenvalue weighted by atomic mass is 9.94. The number of ether oxygens (including phenoxy) is 1. The number of rotatable bonds is 7. The maximum atomic E-state index is 12.1. The molecule has 3 rings (SSSR count). The van der Waals surface area contributed by atoms with Gasteiger partial charge in [0.25, 0.3) is 0 Å². The molecule has 8 nitrogen and oxygen atoms in total. The normalized spacial score (nSPS) is 17.0. The highest BCUT2D eigenvalue weighted by atomic mass is 16.5. The molecule has 0 bridgehead atoms. The van der Waals surface area contributed by atoms with Gasteiger partial charge >= 0.3 is 5.97 Å². The second-order valence-electron chi connectivity index (χ2n) is 6.78. The van der Waals surface area contributed by atoms with Gasteiger partial charge in [0.15, 0.2) is 6.23 Å². The van der Waals surface area contributed by atoms with Crippen molar-refractivity contribution in [3.05, 3.63) is 47.7 Å². The highest BCUT2D eigenvalue weighted by Crippen LogP contribution is 2.26. The number of fused-ring (bicyclic) bond motifs is 1. The Morgan fingerprint density at radius 1 is 1.39 bits per heavy atom. The van der Waals surface area contributed by atoms with Crippen molar-refractivity contribution in [2.24, 2.45) is 5.92 Å². The summed E-state index contributed by atoms with van der Waals surface area (Å²) in [6.45, 7) is 2.34. The molecule has 28 heavy (non-hydrogen) atoms. The summed E-state index contributed by atoms with van der Waals surface area (Å²) >= 11 is 0. The quantitative estimate of drug-likeness (QED) is 0.539. The number of nitrogens with two attached hydrogens (primary N) is 1. The average molecular weight is 384 g/mol. The zero-order chi connectivity index (χ0) is 20.1. The number of nitrogen functional groups attached to an aromatic ring is 1. The summed E-state index contributed by atoms with van der Waals surface area (Å²) in [5, 5.41) is 15.0. The molecule has 2 heterocycles. The van der Waals surface area contributed by atoms with Crippen LogP contribution in [-0.2, 0) is 22.6 Å². The van der Waals surface area contributed by atoms with Crippen LogP contribution in [0.1, 0.15) is 30.9 Å². The Kier molecular flexibility index (Phi) is 5.98. The second-order valence-corrected chi connectivity index (χ2v) is 6.78. The number of aliphatic carboxylic acids is 1. The molecular formula is C20H24N4O4. The lowest BCUT2D eigenvalue weighted by molar-refractivity contribution is -0.141. The molecule has 1 aliphatic heterocycles. The highest BCUT2D eigenvalue weighted by Gasteiger charge is 2.26. The summed E-state index contributed by atoms with van der Waals surface area (Å²) in [6, 6.07) is 9.07. The van der Waals surface area contributed by atoms with E-state index in [-0.39, 0.29) is 18.6 Å². The average Bonchev–Trinajstić information content (AvgIpc) is 2.80. The third-order valence-corrected chi connectivity index (χ3v) is 4.63. The number of carbonyl (C=O) groups excluding carboxylic acids is 1. The van der Waals surface area contributed by atoms with E-state index >= 15 is 0 Å². The number of pyridine rings is 1. The zero-order valence-electron chi connectivity index (χ0n) is 15.6. The molecule has 1 aromatic heterocycles. The number of anilines is 2. The molecule has 0 saturated heterocycles. The number of nitrogens with one attached hydrogen (secondary N) is 2. The number of amides is 1. The summed E-state index contributed by atoms with van der Waals surface area (Å²) < 4.78 is 6.03. The van der Waals surface area contributed by atoms with Crippen LogP contribution < -0.4 is 21.1 Å². The van der Waals surface area contributed by atoms with Crippen molar-refractivity contribution in [1.29, 1.82) is 0 Å². The minimum Gasteiger partial charge on any atom is -0.481 e. The molecule has 0 radical (unpaired) electrons. The third kappa shape index (κ3) is 4.91. The van der Waals surface area contributed by atoms with E-state index in [1.165, 1.54) is 0 Å². The number of carboxylic acids is 1. The molecule has 2 unspecified atom stereocenters. The van der Waals surface area contributed by atoms with E-state index < -0.39 is 11.9 Å². The first-order valence-electron chi connectivity index (χ1n) is 9.20. The van der Waals surface area contributed by atoms with Crippen molar-refractivity contribution in [3.63, 3.8) is 0 Å². The molecule has 0 fully saturated rings. The van der Waals surface area contributed by atoms with Gasteiger partial charge in [-0.05, 0) is 35.7 Å². The molecule has 0 saturated carbocycles. The number of hydrogen-bond donors (Lipinski definition) is 4. The number of nitrogens with zero attached hydrogens (tertiary/aromatic N) is 1. The van der Waals surface area contributed by atoms with Crippen LogP contribution in [0.3, 0.4) is 0 Å². The van der Waals surface area contributed by atoms with E-state index in [4.69, 9.17) is 15.6 Å². The summed E-state index contributed by atoms with van der Waals surface area (Å²) in [5.41, 5.74) is 8.28. The second kappa shape index (κ2) is 8.60. The molecule has 2 atom stereocenters. The van der Waals surface area contributed by atoms with Gasteiger partial charge < -0.3 is 26.2 Å². The minimum absolute atomic E-state index is 0.182. The standard InChI is InChI=1S/C20H24N4O4/c1-2-18(24-17-10-15(21)5-6-22-17)28-16-4-3-12-7-13(9-19(25)26)20(27)23-11-14(12)8-16/h3-6,8,10,13,18H,2,7,9,11H2,1H3,(H,23,27)(H,25,26)(H3,21,22,24). The van der Waals surface area contributed by atoms with E-state index in [2.05, 4.69) is 15.6 Å². The Hall–Kier alpha value is -3.29. The fraction of sp³-hybridized carbons (Fsp3) is 0.350. The molecule has 8 heteroatoms. The largest absolute Gasteiger partial charge is 0.481 e. The van der Waals surface area contributed by atoms with Gasteiger partial charge in [-0.15, -0.1) is 0 Å². The van der Waals surface area contributed by atoms with Crippen LogP contribution in [0.4, 0.5) is 11.5 Å². The summed E-state index contributed by atoms with van der Waals surface area (Å²) in [4.78, 5) is 27.3. The van der Waals surface area contributed by atoms with Gasteiger partial charge in [0, 0.05) is 30.9 Å². The number of hydrogen-bond acceptors (Lipinski definition) is 6. The number of aromatic nitrogens is 1. The molecule has 148 valence electrons. The fourth-order valence-electron chi connectivity index (χ4n) is 3.17. The van der Waals surface area contributed by atoms with Crippen LogP contribution >= 0.6 is 0 Å². The molecule has 1 amide bonds. The molecular weight excluding hydrogens is 360 g/mol. The van der Waals surface area contributed by atoms with Crippen LogP contribution in [0, 0.1) is 5.92 Å². The molecule has 0 spiro atoms. The molecule has 1 aromatic carbocycles. The fourth-order valence-corrected chi connectivity index (χ4v) is 3.17. The van der Waals surface area contributed by atoms with Crippen LogP contribution in [0.15, 0.2) is 36.5 Å². The van der Waals surface area contributed by atoms with E-state index in [9.17, 15) is 9.59 Å². The third-order valence-electron chi connectivity index (χ3n) is 4.63. The zero-order valence-corrected chi connectivity index (χ0v) is 15.6. The summed E-state index contributed by atoms with van der Waals surface area (Å²) in [7, 11) is 0.